The highest BCUT2D eigenvalue weighted by molar-refractivity contribution is 6.32. The number of rotatable bonds is 2. The van der Waals surface area contributed by atoms with Crippen LogP contribution in [0.2, 0.25) is 5.02 Å². The van der Waals surface area contributed by atoms with E-state index in [0.717, 1.165) is 5.56 Å². The van der Waals surface area contributed by atoms with E-state index in [0.29, 0.717) is 16.1 Å². The van der Waals surface area contributed by atoms with E-state index in [2.05, 4.69) is 0 Å². The molecule has 4 heteroatoms. The van der Waals surface area contributed by atoms with Crippen LogP contribution in [-0.2, 0) is 0 Å². The zero-order chi connectivity index (χ0) is 14.2. The number of nitrogens with two attached hydrogens (primary N) is 1. The Bertz CT molecular complexity index is 626. The zero-order valence-electron chi connectivity index (χ0n) is 10.7. The summed E-state index contributed by atoms with van der Waals surface area (Å²) in [6.07, 6.45) is 0. The van der Waals surface area contributed by atoms with Crippen LogP contribution in [0, 0.1) is 25.5 Å². The first-order valence-electron chi connectivity index (χ1n) is 5.88. The molecule has 0 saturated carbocycles. The number of halogens is 3. The van der Waals surface area contributed by atoms with Crippen molar-refractivity contribution in [3.05, 3.63) is 69.2 Å². The van der Waals surface area contributed by atoms with Gasteiger partial charge >= 0.3 is 0 Å². The van der Waals surface area contributed by atoms with Crippen molar-refractivity contribution in [2.75, 3.05) is 0 Å². The van der Waals surface area contributed by atoms with E-state index in [1.807, 2.05) is 13.0 Å². The molecule has 19 heavy (non-hydrogen) atoms. The third-order valence-electron chi connectivity index (χ3n) is 3.19. The summed E-state index contributed by atoms with van der Waals surface area (Å²) in [6.45, 7) is 3.39. The molecule has 0 fully saturated rings. The molecule has 0 radical (unpaired) electrons. The molecular weight excluding hydrogens is 268 g/mol. The van der Waals surface area contributed by atoms with Crippen molar-refractivity contribution in [2.24, 2.45) is 5.73 Å². The normalized spacial score (nSPS) is 12.5. The lowest BCUT2D eigenvalue weighted by Crippen LogP contribution is -2.17. The van der Waals surface area contributed by atoms with Crippen molar-refractivity contribution in [2.45, 2.75) is 19.9 Å². The van der Waals surface area contributed by atoms with Gasteiger partial charge in [-0.3, -0.25) is 0 Å². The Morgan fingerprint density at radius 1 is 1.05 bits per heavy atom. The minimum atomic E-state index is -0.924. The van der Waals surface area contributed by atoms with Gasteiger partial charge in [0.25, 0.3) is 0 Å². The Morgan fingerprint density at radius 3 is 2.42 bits per heavy atom. The van der Waals surface area contributed by atoms with Crippen LogP contribution in [0.3, 0.4) is 0 Å². The van der Waals surface area contributed by atoms with Gasteiger partial charge in [0.05, 0.1) is 6.04 Å². The van der Waals surface area contributed by atoms with Crippen LogP contribution in [0.5, 0.6) is 0 Å². The second-order valence-electron chi connectivity index (χ2n) is 4.55. The third-order valence-corrected chi connectivity index (χ3v) is 3.70. The highest BCUT2D eigenvalue weighted by Crippen LogP contribution is 2.32. The third kappa shape index (κ3) is 2.48. The Balaban J connectivity index is 2.59. The van der Waals surface area contributed by atoms with Crippen LogP contribution in [0.1, 0.15) is 28.3 Å². The molecule has 2 N–H and O–H groups in total. The highest BCUT2D eigenvalue weighted by Gasteiger charge is 2.22. The molecule has 2 aromatic rings. The fourth-order valence-electron chi connectivity index (χ4n) is 2.03. The quantitative estimate of drug-likeness (QED) is 0.873. The number of hydrogen-bond donors (Lipinski definition) is 1. The van der Waals surface area contributed by atoms with Crippen molar-refractivity contribution >= 4 is 11.6 Å². The smallest absolute Gasteiger partial charge is 0.134 e. The summed E-state index contributed by atoms with van der Waals surface area (Å²) >= 11 is 6.16. The monoisotopic (exact) mass is 281 g/mol. The summed E-state index contributed by atoms with van der Waals surface area (Å²) in [7, 11) is 0. The van der Waals surface area contributed by atoms with Gasteiger partial charge in [0.15, 0.2) is 0 Å². The molecule has 0 aromatic heterocycles. The molecule has 1 atom stereocenters. The maximum Gasteiger partial charge on any atom is 0.134 e. The summed E-state index contributed by atoms with van der Waals surface area (Å²) in [5, 5.41) is 0.440. The van der Waals surface area contributed by atoms with Crippen LogP contribution in [0.25, 0.3) is 0 Å². The van der Waals surface area contributed by atoms with E-state index in [9.17, 15) is 8.78 Å². The maximum absolute atomic E-state index is 14.1. The first kappa shape index (κ1) is 14.0. The topological polar surface area (TPSA) is 26.0 Å². The van der Waals surface area contributed by atoms with E-state index in [1.165, 1.54) is 12.1 Å². The van der Waals surface area contributed by atoms with Crippen LogP contribution in [0.4, 0.5) is 8.78 Å². The predicted molar refractivity (Wildman–Crippen MR) is 73.3 cm³/mol. The molecule has 0 bridgehead atoms. The van der Waals surface area contributed by atoms with E-state index in [-0.39, 0.29) is 5.56 Å². The second-order valence-corrected chi connectivity index (χ2v) is 4.93. The minimum Gasteiger partial charge on any atom is -0.320 e. The van der Waals surface area contributed by atoms with Gasteiger partial charge in [0.1, 0.15) is 11.6 Å². The van der Waals surface area contributed by atoms with E-state index in [1.54, 1.807) is 19.1 Å². The van der Waals surface area contributed by atoms with Gasteiger partial charge in [-0.25, -0.2) is 8.78 Å². The Labute approximate surface area is 116 Å². The largest absolute Gasteiger partial charge is 0.320 e. The highest BCUT2D eigenvalue weighted by atomic mass is 35.5. The maximum atomic E-state index is 14.1. The Morgan fingerprint density at radius 2 is 1.74 bits per heavy atom. The molecule has 0 spiro atoms. The Kier molecular flexibility index (Phi) is 3.88. The van der Waals surface area contributed by atoms with Gasteiger partial charge in [0.2, 0.25) is 0 Å². The molecule has 2 rings (SSSR count). The fourth-order valence-corrected chi connectivity index (χ4v) is 2.27. The van der Waals surface area contributed by atoms with Crippen molar-refractivity contribution in [1.82, 2.24) is 0 Å². The molecule has 0 heterocycles. The second kappa shape index (κ2) is 5.27. The summed E-state index contributed by atoms with van der Waals surface area (Å²) in [5.41, 5.74) is 7.54. The fraction of sp³-hybridized carbons (Fsp3) is 0.200. The zero-order valence-corrected chi connectivity index (χ0v) is 11.4. The van der Waals surface area contributed by atoms with Gasteiger partial charge in [-0.15, -0.1) is 0 Å². The lowest BCUT2D eigenvalue weighted by molar-refractivity contribution is 0.538. The van der Waals surface area contributed by atoms with Crippen molar-refractivity contribution < 1.29 is 8.78 Å². The standard InChI is InChI=1S/C15H14ClF2N/c1-8-4-3-5-10(13(8)16)15(19)12-11(17)7-6-9(2)14(12)18/h3-7,15H,19H2,1-2H3. The number of hydrogen-bond acceptors (Lipinski definition) is 1. The summed E-state index contributed by atoms with van der Waals surface area (Å²) in [5.74, 6) is -1.28. The van der Waals surface area contributed by atoms with E-state index >= 15 is 0 Å². The molecule has 2 aromatic carbocycles. The molecule has 0 aliphatic carbocycles. The van der Waals surface area contributed by atoms with Crippen molar-refractivity contribution in [3.8, 4) is 0 Å². The first-order chi connectivity index (χ1) is 8.93. The predicted octanol–water partition coefficient (Wildman–Crippen LogP) is 4.28. The van der Waals surface area contributed by atoms with Gasteiger partial charge in [-0.1, -0.05) is 35.9 Å². The van der Waals surface area contributed by atoms with Crippen molar-refractivity contribution in [1.29, 1.82) is 0 Å². The summed E-state index contributed by atoms with van der Waals surface area (Å²) < 4.78 is 27.9. The van der Waals surface area contributed by atoms with Gasteiger partial charge < -0.3 is 5.73 Å². The molecule has 1 nitrogen and oxygen atoms in total. The van der Waals surface area contributed by atoms with Crippen LogP contribution in [0.15, 0.2) is 30.3 Å². The molecule has 0 saturated heterocycles. The lowest BCUT2D eigenvalue weighted by Gasteiger charge is -2.17. The average molecular weight is 282 g/mol. The molecule has 100 valence electrons. The number of aryl methyl sites for hydroxylation is 2. The van der Waals surface area contributed by atoms with Crippen LogP contribution in [-0.4, -0.2) is 0 Å². The molecule has 1 unspecified atom stereocenters. The van der Waals surface area contributed by atoms with Gasteiger partial charge in [-0.2, -0.15) is 0 Å². The van der Waals surface area contributed by atoms with Gasteiger partial charge in [0, 0.05) is 10.6 Å². The van der Waals surface area contributed by atoms with Gasteiger partial charge in [-0.05, 0) is 36.6 Å². The lowest BCUT2D eigenvalue weighted by atomic mass is 9.95. The number of benzene rings is 2. The average Bonchev–Trinajstić information content (AvgIpc) is 2.37. The van der Waals surface area contributed by atoms with E-state index in [4.69, 9.17) is 17.3 Å². The molecule has 0 aliphatic rings. The minimum absolute atomic E-state index is 0.146. The molecule has 0 aliphatic heterocycles. The summed E-state index contributed by atoms with van der Waals surface area (Å²) in [4.78, 5) is 0. The summed E-state index contributed by atoms with van der Waals surface area (Å²) in [6, 6.07) is 6.95. The van der Waals surface area contributed by atoms with Crippen molar-refractivity contribution in [3.63, 3.8) is 0 Å². The molecular formula is C15H14ClF2N. The first-order valence-corrected chi connectivity index (χ1v) is 6.26. The van der Waals surface area contributed by atoms with E-state index < -0.39 is 17.7 Å². The van der Waals surface area contributed by atoms with Crippen LogP contribution >= 0.6 is 11.6 Å². The SMILES string of the molecule is Cc1ccc(F)c(C(N)c2cccc(C)c2Cl)c1F. The van der Waals surface area contributed by atoms with Crippen LogP contribution < -0.4 is 5.73 Å². The Hall–Kier alpha value is -1.45. The molecule has 0 amide bonds.